The molecule has 0 saturated carbocycles. The second kappa shape index (κ2) is 7.69. The van der Waals surface area contributed by atoms with Gasteiger partial charge in [0.05, 0.1) is 18.2 Å². The van der Waals surface area contributed by atoms with Crippen LogP contribution in [0.15, 0.2) is 52.3 Å². The molecule has 120 valence electrons. The van der Waals surface area contributed by atoms with Crippen LogP contribution in [0.3, 0.4) is 0 Å². The summed E-state index contributed by atoms with van der Waals surface area (Å²) < 4.78 is 5.18. The molecule has 0 aliphatic carbocycles. The van der Waals surface area contributed by atoms with Gasteiger partial charge in [0.15, 0.2) is 0 Å². The van der Waals surface area contributed by atoms with Crippen molar-refractivity contribution in [1.82, 2.24) is 10.6 Å². The Bertz CT molecular complexity index is 732. The van der Waals surface area contributed by atoms with E-state index in [9.17, 15) is 9.59 Å². The number of benzene rings is 2. The highest BCUT2D eigenvalue weighted by Gasteiger charge is 2.16. The summed E-state index contributed by atoms with van der Waals surface area (Å²) >= 11 is 1.37. The number of rotatable bonds is 5. The molecule has 0 heterocycles. The average molecular weight is 330 g/mol. The van der Waals surface area contributed by atoms with Crippen molar-refractivity contribution in [3.63, 3.8) is 0 Å². The van der Waals surface area contributed by atoms with E-state index in [1.165, 1.54) is 11.8 Å². The van der Waals surface area contributed by atoms with Crippen molar-refractivity contribution in [1.29, 1.82) is 0 Å². The highest BCUT2D eigenvalue weighted by atomic mass is 32.2. The molecule has 5 nitrogen and oxygen atoms in total. The lowest BCUT2D eigenvalue weighted by Crippen LogP contribution is -2.19. The van der Waals surface area contributed by atoms with E-state index < -0.39 is 0 Å². The standard InChI is InChI=1S/C17H18N2O3S/c1-18-16(20)12-6-4-5-7-14(12)23-15-9-8-11(22-3)10-13(15)17(21)19-2/h4-10H,1-3H3,(H,18,20)(H,19,21). The van der Waals surface area contributed by atoms with Crippen LogP contribution in [0.25, 0.3) is 0 Å². The van der Waals surface area contributed by atoms with Crippen LogP contribution in [0.1, 0.15) is 20.7 Å². The molecule has 0 radical (unpaired) electrons. The largest absolute Gasteiger partial charge is 0.497 e. The monoisotopic (exact) mass is 330 g/mol. The van der Waals surface area contributed by atoms with E-state index in [0.29, 0.717) is 16.9 Å². The molecule has 2 amide bonds. The van der Waals surface area contributed by atoms with E-state index in [2.05, 4.69) is 10.6 Å². The van der Waals surface area contributed by atoms with Crippen LogP contribution in [0, 0.1) is 0 Å². The molecular formula is C17H18N2O3S. The van der Waals surface area contributed by atoms with Crippen LogP contribution in [0.4, 0.5) is 0 Å². The molecule has 2 rings (SSSR count). The van der Waals surface area contributed by atoms with Gasteiger partial charge in [0.25, 0.3) is 11.8 Å². The molecule has 0 aromatic heterocycles. The Balaban J connectivity index is 2.45. The summed E-state index contributed by atoms with van der Waals surface area (Å²) in [7, 11) is 4.72. The van der Waals surface area contributed by atoms with Crippen LogP contribution < -0.4 is 15.4 Å². The number of carbonyl (C=O) groups is 2. The highest BCUT2D eigenvalue weighted by Crippen LogP contribution is 2.34. The molecule has 0 aliphatic heterocycles. The number of amides is 2. The van der Waals surface area contributed by atoms with Gasteiger partial charge in [-0.2, -0.15) is 0 Å². The SMILES string of the molecule is CNC(=O)c1ccccc1Sc1ccc(OC)cc1C(=O)NC. The van der Waals surface area contributed by atoms with Crippen LogP contribution in [-0.4, -0.2) is 33.0 Å². The van der Waals surface area contributed by atoms with Crippen LogP contribution >= 0.6 is 11.8 Å². The number of hydrogen-bond acceptors (Lipinski definition) is 4. The van der Waals surface area contributed by atoms with Crippen molar-refractivity contribution in [3.05, 3.63) is 53.6 Å². The Kier molecular flexibility index (Phi) is 5.65. The fraction of sp³-hybridized carbons (Fsp3) is 0.176. The minimum Gasteiger partial charge on any atom is -0.497 e. The first kappa shape index (κ1) is 16.9. The number of methoxy groups -OCH3 is 1. The van der Waals surface area contributed by atoms with Gasteiger partial charge in [0, 0.05) is 23.9 Å². The third-order valence-electron chi connectivity index (χ3n) is 3.24. The Morgan fingerprint density at radius 2 is 1.52 bits per heavy atom. The smallest absolute Gasteiger partial charge is 0.252 e. The lowest BCUT2D eigenvalue weighted by Gasteiger charge is -2.12. The minimum absolute atomic E-state index is 0.164. The van der Waals surface area contributed by atoms with Crippen molar-refractivity contribution >= 4 is 23.6 Å². The fourth-order valence-corrected chi connectivity index (χ4v) is 3.09. The van der Waals surface area contributed by atoms with Gasteiger partial charge in [-0.15, -0.1) is 0 Å². The van der Waals surface area contributed by atoms with Crippen molar-refractivity contribution in [2.75, 3.05) is 21.2 Å². The zero-order valence-electron chi connectivity index (χ0n) is 13.2. The quantitative estimate of drug-likeness (QED) is 0.884. The Hall–Kier alpha value is -2.47. The van der Waals surface area contributed by atoms with Gasteiger partial charge in [-0.3, -0.25) is 9.59 Å². The molecule has 2 N–H and O–H groups in total. The van der Waals surface area contributed by atoms with Gasteiger partial charge >= 0.3 is 0 Å². The summed E-state index contributed by atoms with van der Waals surface area (Å²) in [4.78, 5) is 25.6. The zero-order chi connectivity index (χ0) is 16.8. The second-order valence-electron chi connectivity index (χ2n) is 4.62. The van der Waals surface area contributed by atoms with Gasteiger partial charge < -0.3 is 15.4 Å². The third kappa shape index (κ3) is 3.84. The van der Waals surface area contributed by atoms with E-state index in [-0.39, 0.29) is 11.8 Å². The molecule has 2 aromatic rings. The molecule has 0 bridgehead atoms. The number of carbonyl (C=O) groups excluding carboxylic acids is 2. The van der Waals surface area contributed by atoms with Gasteiger partial charge in [-0.05, 0) is 30.3 Å². The average Bonchev–Trinajstić information content (AvgIpc) is 2.61. The predicted molar refractivity (Wildman–Crippen MR) is 90.3 cm³/mol. The summed E-state index contributed by atoms with van der Waals surface area (Å²) in [5, 5.41) is 5.24. The van der Waals surface area contributed by atoms with Gasteiger partial charge in [0.1, 0.15) is 5.75 Å². The molecule has 0 saturated heterocycles. The molecule has 6 heteroatoms. The van der Waals surface area contributed by atoms with Crippen molar-refractivity contribution in [2.24, 2.45) is 0 Å². The van der Waals surface area contributed by atoms with Gasteiger partial charge in [-0.25, -0.2) is 0 Å². The number of nitrogens with one attached hydrogen (secondary N) is 2. The normalized spacial score (nSPS) is 10.0. The van der Waals surface area contributed by atoms with Gasteiger partial charge in [-0.1, -0.05) is 23.9 Å². The predicted octanol–water partition coefficient (Wildman–Crippen LogP) is 2.57. The Morgan fingerprint density at radius 3 is 2.17 bits per heavy atom. The summed E-state index contributed by atoms with van der Waals surface area (Å²) in [5.74, 6) is 0.236. The molecule has 0 fully saturated rings. The zero-order valence-corrected chi connectivity index (χ0v) is 14.0. The summed E-state index contributed by atoms with van der Waals surface area (Å²) in [5.41, 5.74) is 1.07. The number of ether oxygens (including phenoxy) is 1. The molecule has 0 aliphatic rings. The summed E-state index contributed by atoms with van der Waals surface area (Å²) in [6, 6.07) is 12.6. The second-order valence-corrected chi connectivity index (χ2v) is 5.70. The third-order valence-corrected chi connectivity index (χ3v) is 4.39. The maximum atomic E-state index is 12.1. The lowest BCUT2D eigenvalue weighted by molar-refractivity contribution is 0.0952. The van der Waals surface area contributed by atoms with E-state index in [1.807, 2.05) is 24.3 Å². The van der Waals surface area contributed by atoms with Crippen molar-refractivity contribution in [2.45, 2.75) is 9.79 Å². The Morgan fingerprint density at radius 1 is 0.913 bits per heavy atom. The van der Waals surface area contributed by atoms with Crippen LogP contribution in [-0.2, 0) is 0 Å². The number of hydrogen-bond donors (Lipinski definition) is 2. The minimum atomic E-state index is -0.205. The fourth-order valence-electron chi connectivity index (χ4n) is 2.03. The molecule has 0 spiro atoms. The van der Waals surface area contributed by atoms with E-state index in [0.717, 1.165) is 9.79 Å². The van der Waals surface area contributed by atoms with E-state index in [4.69, 9.17) is 4.74 Å². The molecular weight excluding hydrogens is 312 g/mol. The van der Waals surface area contributed by atoms with Crippen LogP contribution in [0.2, 0.25) is 0 Å². The van der Waals surface area contributed by atoms with Crippen molar-refractivity contribution in [3.8, 4) is 5.75 Å². The first-order valence-corrected chi connectivity index (χ1v) is 7.81. The van der Waals surface area contributed by atoms with Crippen molar-refractivity contribution < 1.29 is 14.3 Å². The molecule has 0 atom stereocenters. The van der Waals surface area contributed by atoms with Gasteiger partial charge in [0.2, 0.25) is 0 Å². The first-order valence-electron chi connectivity index (χ1n) is 6.99. The maximum Gasteiger partial charge on any atom is 0.252 e. The topological polar surface area (TPSA) is 67.4 Å². The van der Waals surface area contributed by atoms with E-state index in [1.54, 1.807) is 39.4 Å². The summed E-state index contributed by atoms with van der Waals surface area (Å²) in [6.45, 7) is 0. The molecule has 2 aromatic carbocycles. The lowest BCUT2D eigenvalue weighted by atomic mass is 10.2. The van der Waals surface area contributed by atoms with Crippen LogP contribution in [0.5, 0.6) is 5.75 Å². The molecule has 0 unspecified atom stereocenters. The highest BCUT2D eigenvalue weighted by molar-refractivity contribution is 7.99. The first-order chi connectivity index (χ1) is 11.1. The maximum absolute atomic E-state index is 12.1. The Labute approximate surface area is 139 Å². The summed E-state index contributed by atoms with van der Waals surface area (Å²) in [6.07, 6.45) is 0. The van der Waals surface area contributed by atoms with E-state index >= 15 is 0 Å². The molecule has 23 heavy (non-hydrogen) atoms.